The molecule has 1 aliphatic heterocycles. The molecule has 0 saturated carbocycles. The van der Waals surface area contributed by atoms with Gasteiger partial charge in [-0.15, -0.1) is 0 Å². The second kappa shape index (κ2) is 11.4. The van der Waals surface area contributed by atoms with Gasteiger partial charge in [-0.2, -0.15) is 0 Å². The number of benzene rings is 2. The highest BCUT2D eigenvalue weighted by molar-refractivity contribution is 5.89. The van der Waals surface area contributed by atoms with Gasteiger partial charge in [0.25, 0.3) is 0 Å². The monoisotopic (exact) mass is 421 g/mol. The molecule has 1 atom stereocenters. The second-order valence-corrected chi connectivity index (χ2v) is 8.21. The van der Waals surface area contributed by atoms with Crippen LogP contribution in [-0.2, 0) is 6.54 Å². The van der Waals surface area contributed by atoms with E-state index in [9.17, 15) is 4.79 Å². The Bertz CT molecular complexity index is 872. The molecule has 2 aromatic rings. The number of carbonyl (C=O) groups is 1. The lowest BCUT2D eigenvalue weighted by Gasteiger charge is -2.17. The van der Waals surface area contributed by atoms with Gasteiger partial charge in [-0.25, -0.2) is 9.79 Å². The van der Waals surface area contributed by atoms with Gasteiger partial charge in [-0.3, -0.25) is 0 Å². The third-order valence-corrected chi connectivity index (χ3v) is 5.56. The summed E-state index contributed by atoms with van der Waals surface area (Å²) in [4.78, 5) is 18.9. The number of guanidine groups is 1. The highest BCUT2D eigenvalue weighted by atomic mass is 16.2. The predicted molar refractivity (Wildman–Crippen MR) is 129 cm³/mol. The van der Waals surface area contributed by atoms with Gasteiger partial charge in [0, 0.05) is 31.9 Å². The molecule has 6 nitrogen and oxygen atoms in total. The predicted octanol–water partition coefficient (Wildman–Crippen LogP) is 4.48. The first kappa shape index (κ1) is 22.7. The number of hydrogen-bond donors (Lipinski definition) is 3. The van der Waals surface area contributed by atoms with E-state index in [2.05, 4.69) is 61.0 Å². The van der Waals surface area contributed by atoms with Crippen molar-refractivity contribution < 1.29 is 4.79 Å². The van der Waals surface area contributed by atoms with Gasteiger partial charge in [0.1, 0.15) is 0 Å². The van der Waals surface area contributed by atoms with Crippen molar-refractivity contribution >= 4 is 17.7 Å². The second-order valence-electron chi connectivity index (χ2n) is 8.21. The Morgan fingerprint density at radius 1 is 1.10 bits per heavy atom. The zero-order chi connectivity index (χ0) is 22.1. The molecule has 2 aromatic carbocycles. The van der Waals surface area contributed by atoms with Crippen LogP contribution in [0, 0.1) is 6.92 Å². The van der Waals surface area contributed by atoms with Crippen LogP contribution < -0.4 is 16.0 Å². The zero-order valence-corrected chi connectivity index (χ0v) is 18.9. The molecular weight excluding hydrogens is 386 g/mol. The normalized spacial score (nSPS) is 14.9. The summed E-state index contributed by atoms with van der Waals surface area (Å²) >= 11 is 0. The number of aryl methyl sites for hydroxylation is 1. The van der Waals surface area contributed by atoms with Gasteiger partial charge in [0.15, 0.2) is 5.96 Å². The lowest BCUT2D eigenvalue weighted by molar-refractivity contribution is 0.222. The lowest BCUT2D eigenvalue weighted by Crippen LogP contribution is -2.39. The molecule has 1 fully saturated rings. The highest BCUT2D eigenvalue weighted by Gasteiger charge is 2.17. The number of aliphatic imine (C=N–C) groups is 1. The summed E-state index contributed by atoms with van der Waals surface area (Å²) in [5.74, 6) is 1.18. The van der Waals surface area contributed by atoms with E-state index in [1.54, 1.807) is 0 Å². The Labute approximate surface area is 186 Å². The smallest absolute Gasteiger partial charge is 0.321 e. The van der Waals surface area contributed by atoms with Crippen molar-refractivity contribution in [1.29, 1.82) is 0 Å². The quantitative estimate of drug-likeness (QED) is 0.456. The zero-order valence-electron chi connectivity index (χ0n) is 18.9. The average molecular weight is 422 g/mol. The maximum atomic E-state index is 12.3. The fraction of sp³-hybridized carbons (Fsp3) is 0.440. The van der Waals surface area contributed by atoms with Crippen LogP contribution in [0.2, 0.25) is 0 Å². The molecule has 0 radical (unpaired) electrons. The van der Waals surface area contributed by atoms with Gasteiger partial charge in [0.05, 0.1) is 6.54 Å². The summed E-state index contributed by atoms with van der Waals surface area (Å²) in [7, 11) is 0. The first-order valence-corrected chi connectivity index (χ1v) is 11.3. The van der Waals surface area contributed by atoms with E-state index in [1.165, 1.54) is 11.1 Å². The molecule has 3 N–H and O–H groups in total. The molecule has 0 spiro atoms. The number of carbonyl (C=O) groups excluding carboxylic acids is 1. The fourth-order valence-corrected chi connectivity index (χ4v) is 3.64. The maximum absolute atomic E-state index is 12.3. The molecule has 1 heterocycles. The van der Waals surface area contributed by atoms with E-state index in [1.807, 2.05) is 29.2 Å². The molecule has 6 heteroatoms. The fourth-order valence-electron chi connectivity index (χ4n) is 3.64. The molecule has 1 aliphatic rings. The lowest BCUT2D eigenvalue weighted by atomic mass is 10.0. The summed E-state index contributed by atoms with van der Waals surface area (Å²) in [6.07, 6.45) is 2.18. The van der Waals surface area contributed by atoms with E-state index < -0.39 is 0 Å². The number of likely N-dealkylation sites (tertiary alicyclic amines) is 1. The highest BCUT2D eigenvalue weighted by Crippen LogP contribution is 2.16. The van der Waals surface area contributed by atoms with Crippen LogP contribution in [0.15, 0.2) is 53.5 Å². The van der Waals surface area contributed by atoms with E-state index >= 15 is 0 Å². The molecule has 166 valence electrons. The van der Waals surface area contributed by atoms with Gasteiger partial charge in [0.2, 0.25) is 0 Å². The number of rotatable bonds is 7. The Morgan fingerprint density at radius 2 is 1.84 bits per heavy atom. The number of nitrogens with zero attached hydrogens (tertiary/aromatic N) is 2. The van der Waals surface area contributed by atoms with Gasteiger partial charge >= 0.3 is 6.03 Å². The minimum absolute atomic E-state index is 0.0155. The molecule has 31 heavy (non-hydrogen) atoms. The van der Waals surface area contributed by atoms with E-state index in [4.69, 9.17) is 4.99 Å². The Hall–Kier alpha value is -3.02. The van der Waals surface area contributed by atoms with E-state index in [-0.39, 0.29) is 6.03 Å². The van der Waals surface area contributed by atoms with Gasteiger partial charge in [-0.05, 0) is 55.9 Å². The molecule has 0 aromatic heterocycles. The van der Waals surface area contributed by atoms with Crippen LogP contribution >= 0.6 is 0 Å². The number of amides is 2. The van der Waals surface area contributed by atoms with Gasteiger partial charge < -0.3 is 20.9 Å². The summed E-state index contributed by atoms with van der Waals surface area (Å²) in [5.41, 5.74) is 4.46. The SMILES string of the molecule is CCNC(=NCc1cccc(NC(=O)N2CCCC2)c1)NCC(C)c1ccc(C)cc1. The maximum Gasteiger partial charge on any atom is 0.321 e. The van der Waals surface area contributed by atoms with Crippen molar-refractivity contribution in [2.24, 2.45) is 4.99 Å². The summed E-state index contributed by atoms with van der Waals surface area (Å²) in [5, 5.41) is 9.77. The van der Waals surface area contributed by atoms with E-state index in [0.717, 1.165) is 56.2 Å². The van der Waals surface area contributed by atoms with Crippen molar-refractivity contribution in [2.75, 3.05) is 31.5 Å². The minimum Gasteiger partial charge on any atom is -0.357 e. The minimum atomic E-state index is -0.0155. The van der Waals surface area contributed by atoms with Crippen molar-refractivity contribution in [3.8, 4) is 0 Å². The standard InChI is InChI=1S/C25H35N5O/c1-4-26-24(27-17-20(3)22-12-10-19(2)11-13-22)28-18-21-8-7-9-23(16-21)29-25(31)30-14-5-6-15-30/h7-13,16,20H,4-6,14-15,17-18H2,1-3H3,(H,29,31)(H2,26,27,28). The topological polar surface area (TPSA) is 68.8 Å². The summed E-state index contributed by atoms with van der Waals surface area (Å²) in [6.45, 7) is 10.2. The van der Waals surface area contributed by atoms with Crippen molar-refractivity contribution in [2.45, 2.75) is 46.1 Å². The number of hydrogen-bond acceptors (Lipinski definition) is 2. The Kier molecular flexibility index (Phi) is 8.33. The van der Waals surface area contributed by atoms with Crippen molar-refractivity contribution in [3.05, 3.63) is 65.2 Å². The van der Waals surface area contributed by atoms with E-state index in [0.29, 0.717) is 12.5 Å². The van der Waals surface area contributed by atoms with Crippen LogP contribution in [0.4, 0.5) is 10.5 Å². The van der Waals surface area contributed by atoms with Crippen LogP contribution in [-0.4, -0.2) is 43.1 Å². The number of nitrogens with one attached hydrogen (secondary N) is 3. The molecule has 2 amide bonds. The molecule has 0 bridgehead atoms. The molecule has 1 unspecified atom stereocenters. The van der Waals surface area contributed by atoms with Crippen molar-refractivity contribution in [3.63, 3.8) is 0 Å². The molecule has 0 aliphatic carbocycles. The third kappa shape index (κ3) is 7.02. The first-order valence-electron chi connectivity index (χ1n) is 11.3. The first-order chi connectivity index (χ1) is 15.0. The average Bonchev–Trinajstić information content (AvgIpc) is 3.31. The van der Waals surface area contributed by atoms with Crippen LogP contribution in [0.3, 0.4) is 0 Å². The largest absolute Gasteiger partial charge is 0.357 e. The summed E-state index contributed by atoms with van der Waals surface area (Å²) in [6, 6.07) is 16.6. The van der Waals surface area contributed by atoms with Crippen LogP contribution in [0.25, 0.3) is 0 Å². The molecule has 1 saturated heterocycles. The Balaban J connectivity index is 1.56. The number of anilines is 1. The molecule has 3 rings (SSSR count). The third-order valence-electron chi connectivity index (χ3n) is 5.56. The van der Waals surface area contributed by atoms with Crippen LogP contribution in [0.1, 0.15) is 49.3 Å². The van der Waals surface area contributed by atoms with Gasteiger partial charge in [-0.1, -0.05) is 48.9 Å². The molecular formula is C25H35N5O. The van der Waals surface area contributed by atoms with Crippen molar-refractivity contribution in [1.82, 2.24) is 15.5 Å². The summed E-state index contributed by atoms with van der Waals surface area (Å²) < 4.78 is 0. The number of urea groups is 1. The van der Waals surface area contributed by atoms with Crippen LogP contribution in [0.5, 0.6) is 0 Å². The Morgan fingerprint density at radius 3 is 2.55 bits per heavy atom.